The van der Waals surface area contributed by atoms with Crippen LogP contribution in [0.3, 0.4) is 0 Å². The monoisotopic (exact) mass is 307 g/mol. The van der Waals surface area contributed by atoms with Crippen LogP contribution in [0, 0.1) is 13.8 Å². The number of aromatic nitrogens is 2. The molecule has 1 aliphatic heterocycles. The lowest BCUT2D eigenvalue weighted by atomic mass is 10.0. The van der Waals surface area contributed by atoms with Crippen molar-refractivity contribution in [1.29, 1.82) is 0 Å². The SMILES string of the molecule is Cc1cc(C)c2c(c1)N(Cc1nnsc1Cl)C(=O)C2=O. The summed E-state index contributed by atoms with van der Waals surface area (Å²) >= 11 is 7.02. The Kier molecular flexibility index (Phi) is 3.07. The van der Waals surface area contributed by atoms with Crippen molar-refractivity contribution in [3.8, 4) is 0 Å². The summed E-state index contributed by atoms with van der Waals surface area (Å²) in [4.78, 5) is 25.7. The van der Waals surface area contributed by atoms with E-state index in [1.165, 1.54) is 4.90 Å². The second kappa shape index (κ2) is 4.64. The van der Waals surface area contributed by atoms with Crippen LogP contribution in [0.25, 0.3) is 0 Å². The van der Waals surface area contributed by atoms with Gasteiger partial charge in [0.2, 0.25) is 0 Å². The summed E-state index contributed by atoms with van der Waals surface area (Å²) in [5.74, 6) is -1.02. The maximum atomic E-state index is 12.2. The highest BCUT2D eigenvalue weighted by atomic mass is 35.5. The van der Waals surface area contributed by atoms with E-state index in [9.17, 15) is 9.59 Å². The van der Waals surface area contributed by atoms with Crippen molar-refractivity contribution in [1.82, 2.24) is 9.59 Å². The third-order valence-corrected chi connectivity index (χ3v) is 4.22. The minimum absolute atomic E-state index is 0.163. The van der Waals surface area contributed by atoms with Crippen LogP contribution in [0.1, 0.15) is 27.2 Å². The van der Waals surface area contributed by atoms with Gasteiger partial charge in [0.05, 0.1) is 17.8 Å². The molecule has 0 saturated heterocycles. The molecule has 0 unspecified atom stereocenters. The van der Waals surface area contributed by atoms with Gasteiger partial charge in [-0.1, -0.05) is 22.2 Å². The zero-order valence-electron chi connectivity index (χ0n) is 10.8. The number of halogens is 1. The number of aryl methyl sites for hydroxylation is 2. The molecule has 2 aromatic rings. The molecule has 0 bridgehead atoms. The number of nitrogens with zero attached hydrogens (tertiary/aromatic N) is 3. The fraction of sp³-hybridized carbons (Fsp3) is 0.231. The molecule has 0 saturated carbocycles. The van der Waals surface area contributed by atoms with E-state index in [0.717, 1.165) is 22.7 Å². The highest BCUT2D eigenvalue weighted by molar-refractivity contribution is 7.10. The first kappa shape index (κ1) is 13.2. The molecule has 0 fully saturated rings. The molecule has 20 heavy (non-hydrogen) atoms. The van der Waals surface area contributed by atoms with E-state index in [-0.39, 0.29) is 6.54 Å². The van der Waals surface area contributed by atoms with Gasteiger partial charge in [-0.05, 0) is 31.0 Å². The van der Waals surface area contributed by atoms with Gasteiger partial charge in [-0.15, -0.1) is 5.10 Å². The second-order valence-electron chi connectivity index (χ2n) is 4.69. The maximum absolute atomic E-state index is 12.2. The van der Waals surface area contributed by atoms with Crippen LogP contribution in [0.15, 0.2) is 12.1 Å². The second-order valence-corrected chi connectivity index (χ2v) is 6.05. The number of hydrogen-bond acceptors (Lipinski definition) is 5. The van der Waals surface area contributed by atoms with Gasteiger partial charge >= 0.3 is 0 Å². The molecule has 1 amide bonds. The minimum atomic E-state index is -0.544. The smallest absolute Gasteiger partial charge is 0.299 e. The molecule has 1 aromatic carbocycles. The molecule has 7 heteroatoms. The molecule has 0 atom stereocenters. The summed E-state index contributed by atoms with van der Waals surface area (Å²) in [5.41, 5.74) is 3.41. The highest BCUT2D eigenvalue weighted by Crippen LogP contribution is 2.34. The van der Waals surface area contributed by atoms with E-state index in [1.807, 2.05) is 26.0 Å². The first-order valence-corrected chi connectivity index (χ1v) is 7.08. The lowest BCUT2D eigenvalue weighted by molar-refractivity contribution is -0.114. The van der Waals surface area contributed by atoms with Crippen LogP contribution in [-0.4, -0.2) is 21.3 Å². The van der Waals surface area contributed by atoms with Crippen LogP contribution in [0.4, 0.5) is 5.69 Å². The largest absolute Gasteiger partial charge is 0.299 e. The van der Waals surface area contributed by atoms with Gasteiger partial charge in [-0.3, -0.25) is 14.5 Å². The quantitative estimate of drug-likeness (QED) is 0.800. The molecule has 2 heterocycles. The Hall–Kier alpha value is -1.79. The van der Waals surface area contributed by atoms with Gasteiger partial charge in [0.1, 0.15) is 10.0 Å². The van der Waals surface area contributed by atoms with E-state index in [4.69, 9.17) is 11.6 Å². The molecule has 0 aliphatic carbocycles. The number of Topliss-reactive ketones (excluding diaryl/α,β-unsaturated/α-hetero) is 1. The lowest BCUT2D eigenvalue weighted by Gasteiger charge is -2.16. The van der Waals surface area contributed by atoms with Crippen molar-refractivity contribution in [3.63, 3.8) is 0 Å². The fourth-order valence-electron chi connectivity index (χ4n) is 2.39. The third kappa shape index (κ3) is 1.92. The summed E-state index contributed by atoms with van der Waals surface area (Å²) < 4.78 is 4.17. The molecule has 0 N–H and O–H groups in total. The topological polar surface area (TPSA) is 63.2 Å². The van der Waals surface area contributed by atoms with Gasteiger partial charge in [-0.25, -0.2) is 0 Å². The number of carbonyl (C=O) groups excluding carboxylic acids is 2. The summed E-state index contributed by atoms with van der Waals surface area (Å²) in [6, 6.07) is 3.73. The molecule has 5 nitrogen and oxygen atoms in total. The Morgan fingerprint density at radius 1 is 1.30 bits per heavy atom. The number of ketones is 1. The first-order valence-electron chi connectivity index (χ1n) is 5.93. The Balaban J connectivity index is 2.09. The minimum Gasteiger partial charge on any atom is -0.299 e. The first-order chi connectivity index (χ1) is 9.49. The van der Waals surface area contributed by atoms with Gasteiger partial charge in [-0.2, -0.15) is 0 Å². The van der Waals surface area contributed by atoms with Crippen LogP contribution in [0.5, 0.6) is 0 Å². The van der Waals surface area contributed by atoms with E-state index < -0.39 is 11.7 Å². The van der Waals surface area contributed by atoms with Crippen molar-refractivity contribution in [2.45, 2.75) is 20.4 Å². The van der Waals surface area contributed by atoms with Gasteiger partial charge in [0.15, 0.2) is 0 Å². The van der Waals surface area contributed by atoms with Crippen molar-refractivity contribution in [2.24, 2.45) is 0 Å². The number of amides is 1. The third-order valence-electron chi connectivity index (χ3n) is 3.23. The maximum Gasteiger partial charge on any atom is 0.299 e. The van der Waals surface area contributed by atoms with Crippen molar-refractivity contribution in [2.75, 3.05) is 4.90 Å². The normalized spacial score (nSPS) is 14.1. The zero-order chi connectivity index (χ0) is 14.4. The number of anilines is 1. The fourth-order valence-corrected chi connectivity index (χ4v) is 3.00. The van der Waals surface area contributed by atoms with Gasteiger partial charge in [0, 0.05) is 11.5 Å². The highest BCUT2D eigenvalue weighted by Gasteiger charge is 2.37. The summed E-state index contributed by atoms with van der Waals surface area (Å²) in [6.45, 7) is 3.92. The van der Waals surface area contributed by atoms with Gasteiger partial charge < -0.3 is 0 Å². The predicted molar refractivity (Wildman–Crippen MR) is 76.4 cm³/mol. The van der Waals surface area contributed by atoms with E-state index in [0.29, 0.717) is 21.3 Å². The molecule has 1 aromatic heterocycles. The van der Waals surface area contributed by atoms with E-state index in [1.54, 1.807) is 0 Å². The molecular weight excluding hydrogens is 298 g/mol. The average molecular weight is 308 g/mol. The summed E-state index contributed by atoms with van der Waals surface area (Å²) in [6.07, 6.45) is 0. The Bertz CT molecular complexity index is 741. The molecule has 102 valence electrons. The Morgan fingerprint density at radius 3 is 2.70 bits per heavy atom. The lowest BCUT2D eigenvalue weighted by Crippen LogP contribution is -2.29. The average Bonchev–Trinajstić information content (AvgIpc) is 2.87. The van der Waals surface area contributed by atoms with Gasteiger partial charge in [0.25, 0.3) is 11.7 Å². The number of benzene rings is 1. The number of hydrogen-bond donors (Lipinski definition) is 0. The van der Waals surface area contributed by atoms with Crippen molar-refractivity contribution < 1.29 is 9.59 Å². The number of carbonyl (C=O) groups is 2. The summed E-state index contributed by atoms with van der Waals surface area (Å²) in [5, 5.41) is 3.89. The molecule has 0 radical (unpaired) electrons. The molecular formula is C13H10ClN3O2S. The summed E-state index contributed by atoms with van der Waals surface area (Å²) in [7, 11) is 0. The van der Waals surface area contributed by atoms with Crippen molar-refractivity contribution >= 4 is 40.5 Å². The van der Waals surface area contributed by atoms with Crippen LogP contribution < -0.4 is 4.90 Å². The Labute approximate surface area is 124 Å². The Morgan fingerprint density at radius 2 is 2.05 bits per heavy atom. The van der Waals surface area contributed by atoms with Crippen LogP contribution >= 0.6 is 23.1 Å². The van der Waals surface area contributed by atoms with Crippen LogP contribution in [-0.2, 0) is 11.3 Å². The van der Waals surface area contributed by atoms with Crippen LogP contribution in [0.2, 0.25) is 4.34 Å². The van der Waals surface area contributed by atoms with E-state index >= 15 is 0 Å². The number of fused-ring (bicyclic) bond motifs is 1. The standard InChI is InChI=1S/C13H10ClN3O2S/c1-6-3-7(2)10-9(4-6)17(13(19)11(10)18)5-8-12(14)20-16-15-8/h3-4H,5H2,1-2H3. The molecule has 0 spiro atoms. The number of rotatable bonds is 2. The van der Waals surface area contributed by atoms with Crippen molar-refractivity contribution in [3.05, 3.63) is 38.9 Å². The van der Waals surface area contributed by atoms with E-state index in [2.05, 4.69) is 9.59 Å². The molecule has 1 aliphatic rings. The predicted octanol–water partition coefficient (Wildman–Crippen LogP) is 2.54. The zero-order valence-corrected chi connectivity index (χ0v) is 12.4. The molecule has 3 rings (SSSR count).